The summed E-state index contributed by atoms with van der Waals surface area (Å²) in [5, 5.41) is 10.6. The van der Waals surface area contributed by atoms with E-state index in [4.69, 9.17) is 0 Å². The SMILES string of the molecule is CCC(NCc1cn[nH]c1C)c1ccc(Br)cc1.Cl. The van der Waals surface area contributed by atoms with E-state index in [9.17, 15) is 0 Å². The third-order valence-electron chi connectivity index (χ3n) is 3.15. The standard InChI is InChI=1S/C14H18BrN3.ClH/c1-3-14(11-4-6-13(15)7-5-11)16-8-12-9-17-18-10(12)2;/h4-7,9,14,16H,3,8H2,1-2H3,(H,17,18);1H. The van der Waals surface area contributed by atoms with Crippen molar-refractivity contribution in [2.45, 2.75) is 32.9 Å². The molecule has 2 N–H and O–H groups in total. The van der Waals surface area contributed by atoms with Crippen molar-refractivity contribution in [1.29, 1.82) is 0 Å². The molecule has 0 bridgehead atoms. The largest absolute Gasteiger partial charge is 0.306 e. The maximum atomic E-state index is 4.04. The Balaban J connectivity index is 0.00000180. The molecule has 1 heterocycles. The molecule has 1 unspecified atom stereocenters. The molecule has 2 aromatic rings. The Kier molecular flexibility index (Phi) is 6.55. The van der Waals surface area contributed by atoms with Gasteiger partial charge in [0.05, 0.1) is 6.20 Å². The van der Waals surface area contributed by atoms with Crippen LogP contribution in [0.3, 0.4) is 0 Å². The molecule has 0 saturated heterocycles. The summed E-state index contributed by atoms with van der Waals surface area (Å²) in [6, 6.07) is 8.87. The number of halogens is 2. The van der Waals surface area contributed by atoms with Crippen LogP contribution in [-0.4, -0.2) is 10.2 Å². The molecule has 2 rings (SSSR count). The molecule has 5 heteroatoms. The number of H-pyrrole nitrogens is 1. The zero-order valence-corrected chi connectivity index (χ0v) is 13.5. The lowest BCUT2D eigenvalue weighted by Gasteiger charge is -2.17. The van der Waals surface area contributed by atoms with Gasteiger partial charge in [-0.15, -0.1) is 12.4 Å². The summed E-state index contributed by atoms with van der Waals surface area (Å²) >= 11 is 3.46. The van der Waals surface area contributed by atoms with E-state index in [2.05, 4.69) is 62.6 Å². The predicted octanol–water partition coefficient (Wildman–Crippen LogP) is 4.14. The van der Waals surface area contributed by atoms with Crippen molar-refractivity contribution in [2.75, 3.05) is 0 Å². The zero-order valence-electron chi connectivity index (χ0n) is 11.1. The second-order valence-electron chi connectivity index (χ2n) is 4.41. The van der Waals surface area contributed by atoms with E-state index in [1.165, 1.54) is 11.1 Å². The van der Waals surface area contributed by atoms with Crippen molar-refractivity contribution in [1.82, 2.24) is 15.5 Å². The summed E-state index contributed by atoms with van der Waals surface area (Å²) in [4.78, 5) is 0. The summed E-state index contributed by atoms with van der Waals surface area (Å²) < 4.78 is 1.12. The van der Waals surface area contributed by atoms with Gasteiger partial charge in [0.15, 0.2) is 0 Å². The lowest BCUT2D eigenvalue weighted by atomic mass is 10.0. The lowest BCUT2D eigenvalue weighted by Crippen LogP contribution is -2.20. The first-order chi connectivity index (χ1) is 8.70. The first-order valence-corrected chi connectivity index (χ1v) is 6.97. The first-order valence-electron chi connectivity index (χ1n) is 6.18. The van der Waals surface area contributed by atoms with Crippen LogP contribution in [0.4, 0.5) is 0 Å². The number of aryl methyl sites for hydroxylation is 1. The Labute approximate surface area is 128 Å². The minimum Gasteiger partial charge on any atom is -0.306 e. The van der Waals surface area contributed by atoms with E-state index < -0.39 is 0 Å². The van der Waals surface area contributed by atoms with Crippen molar-refractivity contribution >= 4 is 28.3 Å². The summed E-state index contributed by atoms with van der Waals surface area (Å²) in [5.74, 6) is 0. The van der Waals surface area contributed by atoms with E-state index >= 15 is 0 Å². The average Bonchev–Trinajstić information content (AvgIpc) is 2.78. The molecule has 1 aromatic heterocycles. The molecular weight excluding hydrogens is 326 g/mol. The maximum Gasteiger partial charge on any atom is 0.0535 e. The molecular formula is C14H19BrClN3. The number of rotatable bonds is 5. The molecule has 1 aromatic carbocycles. The average molecular weight is 345 g/mol. The van der Waals surface area contributed by atoms with Crippen molar-refractivity contribution < 1.29 is 0 Å². The Morgan fingerprint density at radius 2 is 2.00 bits per heavy atom. The van der Waals surface area contributed by atoms with Crippen LogP contribution in [0.2, 0.25) is 0 Å². The van der Waals surface area contributed by atoms with Gasteiger partial charge in [-0.3, -0.25) is 5.10 Å². The fraction of sp³-hybridized carbons (Fsp3) is 0.357. The smallest absolute Gasteiger partial charge is 0.0535 e. The number of nitrogens with zero attached hydrogens (tertiary/aromatic N) is 1. The number of nitrogens with one attached hydrogen (secondary N) is 2. The van der Waals surface area contributed by atoms with E-state index in [1.807, 2.05) is 13.1 Å². The molecule has 3 nitrogen and oxygen atoms in total. The fourth-order valence-electron chi connectivity index (χ4n) is 1.98. The third kappa shape index (κ3) is 4.34. The molecule has 1 atom stereocenters. The fourth-order valence-corrected chi connectivity index (χ4v) is 2.24. The van der Waals surface area contributed by atoms with E-state index in [-0.39, 0.29) is 12.4 Å². The highest BCUT2D eigenvalue weighted by molar-refractivity contribution is 9.10. The van der Waals surface area contributed by atoms with Crippen molar-refractivity contribution in [3.05, 3.63) is 51.8 Å². The highest BCUT2D eigenvalue weighted by atomic mass is 79.9. The van der Waals surface area contributed by atoms with E-state index in [1.54, 1.807) is 0 Å². The van der Waals surface area contributed by atoms with E-state index in [0.29, 0.717) is 6.04 Å². The molecule has 19 heavy (non-hydrogen) atoms. The van der Waals surface area contributed by atoms with Gasteiger partial charge >= 0.3 is 0 Å². The minimum atomic E-state index is 0. The van der Waals surface area contributed by atoms with Crippen LogP contribution in [-0.2, 0) is 6.54 Å². The topological polar surface area (TPSA) is 40.7 Å². The molecule has 0 spiro atoms. The Bertz CT molecular complexity index is 496. The maximum absolute atomic E-state index is 4.04. The Hall–Kier alpha value is -0.840. The van der Waals surface area contributed by atoms with Crippen molar-refractivity contribution in [2.24, 2.45) is 0 Å². The zero-order chi connectivity index (χ0) is 13.0. The van der Waals surface area contributed by atoms with Gasteiger partial charge in [0.25, 0.3) is 0 Å². The van der Waals surface area contributed by atoms with Gasteiger partial charge < -0.3 is 5.32 Å². The summed E-state index contributed by atoms with van der Waals surface area (Å²) in [6.07, 6.45) is 2.95. The van der Waals surface area contributed by atoms with Gasteiger partial charge in [0.2, 0.25) is 0 Å². The Morgan fingerprint density at radius 1 is 1.32 bits per heavy atom. The number of benzene rings is 1. The second-order valence-corrected chi connectivity index (χ2v) is 5.33. The highest BCUT2D eigenvalue weighted by Crippen LogP contribution is 2.20. The highest BCUT2D eigenvalue weighted by Gasteiger charge is 2.09. The van der Waals surface area contributed by atoms with Crippen molar-refractivity contribution in [3.63, 3.8) is 0 Å². The van der Waals surface area contributed by atoms with E-state index in [0.717, 1.165) is 23.1 Å². The normalized spacial score (nSPS) is 11.9. The second kappa shape index (κ2) is 7.68. The van der Waals surface area contributed by atoms with Gasteiger partial charge in [-0.1, -0.05) is 35.0 Å². The molecule has 0 aliphatic carbocycles. The van der Waals surface area contributed by atoms with Gasteiger partial charge in [0, 0.05) is 28.3 Å². The molecule has 0 radical (unpaired) electrons. The lowest BCUT2D eigenvalue weighted by molar-refractivity contribution is 0.518. The monoisotopic (exact) mass is 343 g/mol. The first kappa shape index (κ1) is 16.2. The quantitative estimate of drug-likeness (QED) is 0.855. The van der Waals surface area contributed by atoms with Gasteiger partial charge in [0.1, 0.15) is 0 Å². The van der Waals surface area contributed by atoms with Crippen LogP contribution in [0.15, 0.2) is 34.9 Å². The Morgan fingerprint density at radius 3 is 2.53 bits per heavy atom. The molecule has 0 aliphatic rings. The van der Waals surface area contributed by atoms with Gasteiger partial charge in [-0.05, 0) is 31.0 Å². The van der Waals surface area contributed by atoms with Crippen LogP contribution in [0.5, 0.6) is 0 Å². The molecule has 0 aliphatic heterocycles. The number of hydrogen-bond acceptors (Lipinski definition) is 2. The summed E-state index contributed by atoms with van der Waals surface area (Å²) in [5.41, 5.74) is 3.68. The molecule has 0 fully saturated rings. The number of hydrogen-bond donors (Lipinski definition) is 2. The molecule has 0 amide bonds. The number of aromatic amines is 1. The van der Waals surface area contributed by atoms with Gasteiger partial charge in [-0.25, -0.2) is 0 Å². The van der Waals surface area contributed by atoms with Crippen LogP contribution in [0.25, 0.3) is 0 Å². The van der Waals surface area contributed by atoms with Crippen LogP contribution in [0, 0.1) is 6.92 Å². The predicted molar refractivity (Wildman–Crippen MR) is 84.6 cm³/mol. The molecule has 0 saturated carbocycles. The molecule has 104 valence electrons. The van der Waals surface area contributed by atoms with Gasteiger partial charge in [-0.2, -0.15) is 5.10 Å². The number of aromatic nitrogens is 2. The summed E-state index contributed by atoms with van der Waals surface area (Å²) in [7, 11) is 0. The van der Waals surface area contributed by atoms with Crippen molar-refractivity contribution in [3.8, 4) is 0 Å². The minimum absolute atomic E-state index is 0. The van der Waals surface area contributed by atoms with Crippen LogP contribution in [0.1, 0.15) is 36.2 Å². The van der Waals surface area contributed by atoms with Crippen LogP contribution < -0.4 is 5.32 Å². The third-order valence-corrected chi connectivity index (χ3v) is 3.68. The van der Waals surface area contributed by atoms with Crippen LogP contribution >= 0.6 is 28.3 Å². The summed E-state index contributed by atoms with van der Waals surface area (Å²) in [6.45, 7) is 5.09.